The van der Waals surface area contributed by atoms with Crippen LogP contribution in [0.15, 0.2) is 24.3 Å². The van der Waals surface area contributed by atoms with Crippen LogP contribution in [-0.2, 0) is 22.9 Å². The zero-order chi connectivity index (χ0) is 13.2. The molecule has 1 aromatic carbocycles. The van der Waals surface area contributed by atoms with Crippen LogP contribution in [0, 0.1) is 0 Å². The Morgan fingerprint density at radius 3 is 2.84 bits per heavy atom. The third-order valence-electron chi connectivity index (χ3n) is 3.51. The summed E-state index contributed by atoms with van der Waals surface area (Å²) in [7, 11) is 2.03. The molecule has 2 N–H and O–H groups in total. The Balaban J connectivity index is 1.71. The molecule has 0 amide bonds. The average Bonchev–Trinajstić information content (AvgIpc) is 3.00. The lowest BCUT2D eigenvalue weighted by Gasteiger charge is -2.15. The number of para-hydroxylation sites is 2. The van der Waals surface area contributed by atoms with Crippen molar-refractivity contribution in [2.75, 3.05) is 13.2 Å². The Morgan fingerprint density at radius 2 is 2.11 bits per heavy atom. The van der Waals surface area contributed by atoms with Crippen molar-refractivity contribution in [3.63, 3.8) is 0 Å². The van der Waals surface area contributed by atoms with Gasteiger partial charge in [0.1, 0.15) is 5.82 Å². The van der Waals surface area contributed by atoms with E-state index >= 15 is 0 Å². The smallest absolute Gasteiger partial charge is 0.159 e. The Bertz CT molecular complexity index is 561. The second kappa shape index (κ2) is 5.28. The average molecular weight is 261 g/mol. The first kappa shape index (κ1) is 12.6. The van der Waals surface area contributed by atoms with Gasteiger partial charge in [0.25, 0.3) is 0 Å². The molecule has 1 unspecified atom stereocenters. The third kappa shape index (κ3) is 2.63. The number of nitrogens with zero attached hydrogens (tertiary/aromatic N) is 2. The van der Waals surface area contributed by atoms with E-state index in [0.717, 1.165) is 23.3 Å². The van der Waals surface area contributed by atoms with Crippen LogP contribution in [0.1, 0.15) is 12.2 Å². The second-order valence-corrected chi connectivity index (χ2v) is 4.95. The standard InChI is InChI=1S/C14H19N3O2/c1-17-12-5-3-2-4-11(12)16-13(17)8-10(15)9-14-18-6-7-19-14/h2-5,10,14H,6-9,15H2,1H3. The molecule has 2 aromatic rings. The number of aromatic nitrogens is 2. The van der Waals surface area contributed by atoms with Gasteiger partial charge in [-0.2, -0.15) is 0 Å². The molecule has 0 radical (unpaired) electrons. The van der Waals surface area contributed by atoms with Crippen molar-refractivity contribution in [2.24, 2.45) is 12.8 Å². The highest BCUT2D eigenvalue weighted by molar-refractivity contribution is 5.75. The number of benzene rings is 1. The van der Waals surface area contributed by atoms with E-state index in [2.05, 4.69) is 15.6 Å². The second-order valence-electron chi connectivity index (χ2n) is 4.95. The van der Waals surface area contributed by atoms with Crippen LogP contribution >= 0.6 is 0 Å². The van der Waals surface area contributed by atoms with Crippen LogP contribution in [0.3, 0.4) is 0 Å². The number of imidazole rings is 1. The van der Waals surface area contributed by atoms with Gasteiger partial charge in [-0.15, -0.1) is 0 Å². The normalized spacial score (nSPS) is 18.2. The summed E-state index contributed by atoms with van der Waals surface area (Å²) in [5.74, 6) is 1.01. The number of aryl methyl sites for hydroxylation is 1. The van der Waals surface area contributed by atoms with Gasteiger partial charge in [-0.1, -0.05) is 12.1 Å². The number of rotatable bonds is 4. The van der Waals surface area contributed by atoms with E-state index in [1.54, 1.807) is 0 Å². The minimum atomic E-state index is -0.148. The van der Waals surface area contributed by atoms with Crippen molar-refractivity contribution in [2.45, 2.75) is 25.2 Å². The predicted molar refractivity (Wildman–Crippen MR) is 72.7 cm³/mol. The first-order valence-electron chi connectivity index (χ1n) is 6.63. The summed E-state index contributed by atoms with van der Waals surface area (Å²) in [6.45, 7) is 1.34. The Hall–Kier alpha value is -1.43. The Labute approximate surface area is 112 Å². The van der Waals surface area contributed by atoms with E-state index in [1.807, 2.05) is 25.2 Å². The quantitative estimate of drug-likeness (QED) is 0.898. The monoisotopic (exact) mass is 261 g/mol. The van der Waals surface area contributed by atoms with Gasteiger partial charge < -0.3 is 19.8 Å². The van der Waals surface area contributed by atoms with Crippen LogP contribution in [0.25, 0.3) is 11.0 Å². The van der Waals surface area contributed by atoms with Gasteiger partial charge in [-0.25, -0.2) is 4.98 Å². The topological polar surface area (TPSA) is 62.3 Å². The molecule has 1 fully saturated rings. The van der Waals surface area contributed by atoms with Crippen molar-refractivity contribution < 1.29 is 9.47 Å². The molecule has 102 valence electrons. The highest BCUT2D eigenvalue weighted by Gasteiger charge is 2.20. The minimum absolute atomic E-state index is 0.00128. The van der Waals surface area contributed by atoms with Gasteiger partial charge in [0.2, 0.25) is 0 Å². The zero-order valence-electron chi connectivity index (χ0n) is 11.1. The highest BCUT2D eigenvalue weighted by atomic mass is 16.7. The van der Waals surface area contributed by atoms with E-state index in [0.29, 0.717) is 19.6 Å². The van der Waals surface area contributed by atoms with Crippen molar-refractivity contribution in [3.8, 4) is 0 Å². The molecule has 1 aromatic heterocycles. The van der Waals surface area contributed by atoms with E-state index in [1.165, 1.54) is 0 Å². The number of nitrogens with two attached hydrogens (primary N) is 1. The summed E-state index contributed by atoms with van der Waals surface area (Å²) in [4.78, 5) is 4.63. The van der Waals surface area contributed by atoms with Crippen molar-refractivity contribution in [3.05, 3.63) is 30.1 Å². The summed E-state index contributed by atoms with van der Waals surface area (Å²) < 4.78 is 12.9. The summed E-state index contributed by atoms with van der Waals surface area (Å²) in [6.07, 6.45) is 1.29. The van der Waals surface area contributed by atoms with Gasteiger partial charge in [-0.3, -0.25) is 0 Å². The lowest BCUT2D eigenvalue weighted by Crippen LogP contribution is -2.29. The SMILES string of the molecule is Cn1c(CC(N)CC2OCCO2)nc2ccccc21. The molecule has 1 saturated heterocycles. The van der Waals surface area contributed by atoms with Gasteiger partial charge >= 0.3 is 0 Å². The molecule has 19 heavy (non-hydrogen) atoms. The molecule has 1 atom stereocenters. The summed E-state index contributed by atoms with van der Waals surface area (Å²) in [5, 5.41) is 0. The fourth-order valence-corrected chi connectivity index (χ4v) is 2.49. The largest absolute Gasteiger partial charge is 0.350 e. The maximum absolute atomic E-state index is 6.16. The van der Waals surface area contributed by atoms with E-state index < -0.39 is 0 Å². The lowest BCUT2D eigenvalue weighted by atomic mass is 10.1. The first-order chi connectivity index (χ1) is 9.24. The fourth-order valence-electron chi connectivity index (χ4n) is 2.49. The van der Waals surface area contributed by atoms with E-state index in [-0.39, 0.29) is 12.3 Å². The molecular weight excluding hydrogens is 242 g/mol. The van der Waals surface area contributed by atoms with E-state index in [9.17, 15) is 0 Å². The maximum Gasteiger partial charge on any atom is 0.159 e. The molecule has 2 heterocycles. The maximum atomic E-state index is 6.16. The number of hydrogen-bond acceptors (Lipinski definition) is 4. The molecule has 0 bridgehead atoms. The lowest BCUT2D eigenvalue weighted by molar-refractivity contribution is -0.0505. The molecule has 3 rings (SSSR count). The zero-order valence-corrected chi connectivity index (χ0v) is 11.1. The number of ether oxygens (including phenoxy) is 2. The van der Waals surface area contributed by atoms with Crippen molar-refractivity contribution in [1.82, 2.24) is 9.55 Å². The van der Waals surface area contributed by atoms with Crippen LogP contribution in [0.5, 0.6) is 0 Å². The van der Waals surface area contributed by atoms with Crippen molar-refractivity contribution >= 4 is 11.0 Å². The highest BCUT2D eigenvalue weighted by Crippen LogP contribution is 2.17. The van der Waals surface area contributed by atoms with Crippen LogP contribution in [0.2, 0.25) is 0 Å². The summed E-state index contributed by atoms with van der Waals surface area (Å²) in [5.41, 5.74) is 8.31. The molecule has 5 heteroatoms. The summed E-state index contributed by atoms with van der Waals surface area (Å²) >= 11 is 0. The van der Waals surface area contributed by atoms with Gasteiger partial charge in [0.15, 0.2) is 6.29 Å². The Kier molecular flexibility index (Phi) is 3.50. The predicted octanol–water partition coefficient (Wildman–Crippen LogP) is 1.21. The summed E-state index contributed by atoms with van der Waals surface area (Å²) in [6, 6.07) is 8.11. The fraction of sp³-hybridized carbons (Fsp3) is 0.500. The molecule has 0 saturated carbocycles. The van der Waals surface area contributed by atoms with Gasteiger partial charge in [0.05, 0.1) is 24.2 Å². The number of hydrogen-bond donors (Lipinski definition) is 1. The molecule has 5 nitrogen and oxygen atoms in total. The molecule has 1 aliphatic heterocycles. The van der Waals surface area contributed by atoms with Crippen LogP contribution in [0.4, 0.5) is 0 Å². The van der Waals surface area contributed by atoms with Crippen molar-refractivity contribution in [1.29, 1.82) is 0 Å². The number of fused-ring (bicyclic) bond motifs is 1. The van der Waals surface area contributed by atoms with E-state index in [4.69, 9.17) is 15.2 Å². The molecule has 0 spiro atoms. The van der Waals surface area contributed by atoms with Crippen LogP contribution in [-0.4, -0.2) is 35.1 Å². The molecule has 1 aliphatic rings. The van der Waals surface area contributed by atoms with Crippen LogP contribution < -0.4 is 5.73 Å². The molecule has 0 aliphatic carbocycles. The Morgan fingerprint density at radius 1 is 1.37 bits per heavy atom. The van der Waals surface area contributed by atoms with Gasteiger partial charge in [0, 0.05) is 25.9 Å². The minimum Gasteiger partial charge on any atom is -0.350 e. The van der Waals surface area contributed by atoms with Gasteiger partial charge in [-0.05, 0) is 12.1 Å². The molecular formula is C14H19N3O2. The third-order valence-corrected chi connectivity index (χ3v) is 3.51. The first-order valence-corrected chi connectivity index (χ1v) is 6.63.